The first-order valence-corrected chi connectivity index (χ1v) is 13.3. The summed E-state index contributed by atoms with van der Waals surface area (Å²) >= 11 is 0. The van der Waals surface area contributed by atoms with Gasteiger partial charge in [-0.3, -0.25) is 9.69 Å². The van der Waals surface area contributed by atoms with Crippen LogP contribution in [-0.2, 0) is 11.3 Å². The highest BCUT2D eigenvalue weighted by molar-refractivity contribution is 6.06. The maximum Gasteiger partial charge on any atom is 0.410 e. The molecule has 7 heteroatoms. The first-order chi connectivity index (χ1) is 18.6. The number of nitrogens with zero attached hydrogens (tertiary/aromatic N) is 2. The van der Waals surface area contributed by atoms with Gasteiger partial charge >= 0.3 is 6.09 Å². The molecule has 39 heavy (non-hydrogen) atoms. The molecule has 2 heterocycles. The van der Waals surface area contributed by atoms with Crippen LogP contribution >= 0.6 is 0 Å². The molecule has 1 fully saturated rings. The molecule has 0 radical (unpaired) electrons. The van der Waals surface area contributed by atoms with Gasteiger partial charge in [-0.05, 0) is 75.7 Å². The highest BCUT2D eigenvalue weighted by Gasteiger charge is 2.26. The second kappa shape index (κ2) is 10.9. The van der Waals surface area contributed by atoms with Crippen molar-refractivity contribution in [1.29, 1.82) is 0 Å². The van der Waals surface area contributed by atoms with Gasteiger partial charge in [-0.15, -0.1) is 0 Å². The quantitative estimate of drug-likeness (QED) is 0.313. The maximum absolute atomic E-state index is 12.9. The molecule has 0 atom stereocenters. The lowest BCUT2D eigenvalue weighted by molar-refractivity contribution is 0.0139. The van der Waals surface area contributed by atoms with Gasteiger partial charge in [-0.1, -0.05) is 35.9 Å². The number of rotatable bonds is 5. The Morgan fingerprint density at radius 1 is 0.923 bits per heavy atom. The average molecular weight is 526 g/mol. The van der Waals surface area contributed by atoms with Gasteiger partial charge in [-0.2, -0.15) is 0 Å². The van der Waals surface area contributed by atoms with E-state index in [1.54, 1.807) is 4.90 Å². The lowest BCUT2D eigenvalue weighted by atomic mass is 10.1. The number of piperazine rings is 1. The second-order valence-corrected chi connectivity index (χ2v) is 11.1. The molecule has 1 aliphatic heterocycles. The van der Waals surface area contributed by atoms with Crippen LogP contribution in [0.15, 0.2) is 77.2 Å². The van der Waals surface area contributed by atoms with E-state index in [9.17, 15) is 9.59 Å². The summed E-state index contributed by atoms with van der Waals surface area (Å²) in [7, 11) is 0. The number of carbonyl (C=O) groups is 2. The minimum atomic E-state index is -0.486. The number of anilines is 1. The third kappa shape index (κ3) is 6.49. The Morgan fingerprint density at radius 3 is 2.36 bits per heavy atom. The Hall–Kier alpha value is -4.10. The number of hydrogen-bond acceptors (Lipinski definition) is 5. The minimum Gasteiger partial charge on any atom is -0.456 e. The first kappa shape index (κ1) is 26.5. The summed E-state index contributed by atoms with van der Waals surface area (Å²) in [6.07, 6.45) is -0.246. The zero-order valence-corrected chi connectivity index (χ0v) is 23.0. The van der Waals surface area contributed by atoms with E-state index in [0.717, 1.165) is 41.7 Å². The molecule has 1 aromatic heterocycles. The predicted octanol–water partition coefficient (Wildman–Crippen LogP) is 6.71. The Morgan fingerprint density at radius 2 is 1.64 bits per heavy atom. The second-order valence-electron chi connectivity index (χ2n) is 11.1. The van der Waals surface area contributed by atoms with Crippen molar-refractivity contribution >= 4 is 28.7 Å². The summed E-state index contributed by atoms with van der Waals surface area (Å²) in [4.78, 5) is 29.3. The van der Waals surface area contributed by atoms with Gasteiger partial charge in [-0.25, -0.2) is 4.79 Å². The van der Waals surface area contributed by atoms with Crippen LogP contribution in [-0.4, -0.2) is 53.6 Å². The van der Waals surface area contributed by atoms with E-state index in [1.165, 1.54) is 5.56 Å². The largest absolute Gasteiger partial charge is 0.456 e. The molecule has 0 aliphatic carbocycles. The molecule has 0 bridgehead atoms. The first-order valence-electron chi connectivity index (χ1n) is 13.3. The van der Waals surface area contributed by atoms with Crippen LogP contribution in [0.5, 0.6) is 0 Å². The molecule has 202 valence electrons. The van der Waals surface area contributed by atoms with Crippen LogP contribution < -0.4 is 5.32 Å². The van der Waals surface area contributed by atoms with Crippen LogP contribution in [0.25, 0.3) is 22.3 Å². The van der Waals surface area contributed by atoms with E-state index < -0.39 is 5.60 Å². The van der Waals surface area contributed by atoms with Crippen molar-refractivity contribution in [3.63, 3.8) is 0 Å². The van der Waals surface area contributed by atoms with Crippen molar-refractivity contribution in [2.75, 3.05) is 31.5 Å². The molecule has 1 saturated heterocycles. The third-order valence-corrected chi connectivity index (χ3v) is 6.77. The van der Waals surface area contributed by atoms with Crippen LogP contribution in [0, 0.1) is 6.92 Å². The van der Waals surface area contributed by atoms with Crippen molar-refractivity contribution in [2.45, 2.75) is 39.8 Å². The Bertz CT molecular complexity index is 1480. The number of benzene rings is 3. The van der Waals surface area contributed by atoms with Crippen LogP contribution in [0.3, 0.4) is 0 Å². The van der Waals surface area contributed by atoms with Gasteiger partial charge in [0, 0.05) is 49.2 Å². The monoisotopic (exact) mass is 525 g/mol. The van der Waals surface area contributed by atoms with E-state index >= 15 is 0 Å². The van der Waals surface area contributed by atoms with Crippen LogP contribution in [0.2, 0.25) is 0 Å². The normalized spacial score (nSPS) is 14.4. The lowest BCUT2D eigenvalue weighted by Crippen LogP contribution is -2.49. The Kier molecular flexibility index (Phi) is 7.44. The molecule has 3 aromatic carbocycles. The molecule has 0 saturated carbocycles. The SMILES string of the molecule is Cc1ccc(C(=O)Nc2ccccc2-c2cc3cc(CN4CCN(C(=O)OC(C)(C)C)CC4)ccc3o2)cc1. The Balaban J connectivity index is 1.27. The lowest BCUT2D eigenvalue weighted by Gasteiger charge is -2.35. The zero-order chi connectivity index (χ0) is 27.6. The number of fused-ring (bicyclic) bond motifs is 1. The number of carbonyl (C=O) groups excluding carboxylic acids is 2. The van der Waals surface area contributed by atoms with Gasteiger partial charge in [0.2, 0.25) is 0 Å². The molecule has 4 aromatic rings. The van der Waals surface area contributed by atoms with Crippen molar-refractivity contribution in [3.05, 3.63) is 89.5 Å². The summed E-state index contributed by atoms with van der Waals surface area (Å²) < 4.78 is 11.7. The highest BCUT2D eigenvalue weighted by Crippen LogP contribution is 2.33. The Labute approximate surface area is 229 Å². The molecule has 7 nitrogen and oxygen atoms in total. The molecule has 0 unspecified atom stereocenters. The predicted molar refractivity (Wildman–Crippen MR) is 154 cm³/mol. The third-order valence-electron chi connectivity index (χ3n) is 6.77. The van der Waals surface area contributed by atoms with Gasteiger partial charge < -0.3 is 19.4 Å². The highest BCUT2D eigenvalue weighted by atomic mass is 16.6. The molecule has 1 N–H and O–H groups in total. The fourth-order valence-electron chi connectivity index (χ4n) is 4.70. The number of amides is 2. The van der Waals surface area contributed by atoms with Crippen molar-refractivity contribution in [3.8, 4) is 11.3 Å². The summed E-state index contributed by atoms with van der Waals surface area (Å²) in [6.45, 7) is 11.3. The zero-order valence-electron chi connectivity index (χ0n) is 23.0. The summed E-state index contributed by atoms with van der Waals surface area (Å²) in [5.74, 6) is 0.542. The molecular formula is C32H35N3O4. The van der Waals surface area contributed by atoms with Gasteiger partial charge in [0.1, 0.15) is 16.9 Å². The van der Waals surface area contributed by atoms with Crippen molar-refractivity contribution in [1.82, 2.24) is 9.80 Å². The van der Waals surface area contributed by atoms with E-state index in [2.05, 4.69) is 22.3 Å². The molecular weight excluding hydrogens is 490 g/mol. The number of ether oxygens (including phenoxy) is 1. The smallest absolute Gasteiger partial charge is 0.410 e. The van der Waals surface area contributed by atoms with E-state index in [4.69, 9.17) is 9.15 Å². The van der Waals surface area contributed by atoms with Crippen LogP contribution in [0.1, 0.15) is 42.3 Å². The van der Waals surface area contributed by atoms with Gasteiger partial charge in [0.15, 0.2) is 0 Å². The van der Waals surface area contributed by atoms with E-state index in [1.807, 2.05) is 88.4 Å². The van der Waals surface area contributed by atoms with E-state index in [-0.39, 0.29) is 12.0 Å². The molecule has 2 amide bonds. The van der Waals surface area contributed by atoms with E-state index in [0.29, 0.717) is 30.1 Å². The van der Waals surface area contributed by atoms with Gasteiger partial charge in [0.05, 0.1) is 5.69 Å². The maximum atomic E-state index is 12.9. The fourth-order valence-corrected chi connectivity index (χ4v) is 4.70. The molecule has 1 aliphatic rings. The topological polar surface area (TPSA) is 75.0 Å². The summed E-state index contributed by atoms with van der Waals surface area (Å²) in [5.41, 5.74) is 4.73. The van der Waals surface area contributed by atoms with Gasteiger partial charge in [0.25, 0.3) is 5.91 Å². The van der Waals surface area contributed by atoms with Crippen LogP contribution in [0.4, 0.5) is 10.5 Å². The number of aryl methyl sites for hydroxylation is 1. The number of furan rings is 1. The fraction of sp³-hybridized carbons (Fsp3) is 0.312. The number of nitrogens with one attached hydrogen (secondary N) is 1. The number of para-hydroxylation sites is 1. The molecule has 0 spiro atoms. The van der Waals surface area contributed by atoms with Crippen molar-refractivity contribution < 1.29 is 18.7 Å². The standard InChI is InChI=1S/C32H35N3O4/c1-22-9-12-24(13-10-22)30(36)33-27-8-6-5-7-26(27)29-20-25-19-23(11-14-28(25)38-29)21-34-15-17-35(18-16-34)31(37)39-32(2,3)4/h5-14,19-20H,15-18,21H2,1-4H3,(H,33,36). The average Bonchev–Trinajstić information content (AvgIpc) is 3.32. The number of hydrogen-bond donors (Lipinski definition) is 1. The summed E-state index contributed by atoms with van der Waals surface area (Å²) in [5, 5.41) is 4.04. The minimum absolute atomic E-state index is 0.160. The molecule has 5 rings (SSSR count). The van der Waals surface area contributed by atoms with Crippen molar-refractivity contribution in [2.24, 2.45) is 0 Å². The summed E-state index contributed by atoms with van der Waals surface area (Å²) in [6, 6.07) is 23.4.